The third-order valence-electron chi connectivity index (χ3n) is 2.26. The van der Waals surface area contributed by atoms with Crippen molar-refractivity contribution in [1.82, 2.24) is 5.32 Å². The molecule has 0 aromatic rings. The van der Waals surface area contributed by atoms with Crippen LogP contribution in [0.1, 0.15) is 46.0 Å². The fourth-order valence-electron chi connectivity index (χ4n) is 1.32. The lowest BCUT2D eigenvalue weighted by molar-refractivity contribution is -0.117. The summed E-state index contributed by atoms with van der Waals surface area (Å²) in [6.07, 6.45) is 3.52. The highest BCUT2D eigenvalue weighted by Gasteiger charge is 2.01. The van der Waals surface area contributed by atoms with Crippen LogP contribution >= 0.6 is 0 Å². The highest BCUT2D eigenvalue weighted by Crippen LogP contribution is 1.97. The van der Waals surface area contributed by atoms with Crippen molar-refractivity contribution in [3.63, 3.8) is 0 Å². The van der Waals surface area contributed by atoms with Crippen LogP contribution in [-0.2, 0) is 9.53 Å². The van der Waals surface area contributed by atoms with Crippen LogP contribution in [0.25, 0.3) is 0 Å². The molecule has 0 saturated carbocycles. The number of rotatable bonds is 9. The lowest BCUT2D eigenvalue weighted by atomic mass is 10.1. The number of ether oxygens (including phenoxy) is 1. The lowest BCUT2D eigenvalue weighted by Crippen LogP contribution is -2.26. The number of unbranched alkanes of at least 4 members (excludes halogenated alkanes) is 1. The number of carbonyl (C=O) groups excluding carboxylic acids is 2. The SMILES string of the molecule is CC(=O)CCCOC(=O)NCCCC[C@@H](C)N. The third kappa shape index (κ3) is 12.8. The number of Topliss-reactive ketones (excluding diaryl/α,β-unsaturated/α-hetero) is 1. The van der Waals surface area contributed by atoms with Crippen molar-refractivity contribution in [1.29, 1.82) is 0 Å². The van der Waals surface area contributed by atoms with E-state index in [1.54, 1.807) is 0 Å². The first-order valence-corrected chi connectivity index (χ1v) is 6.18. The minimum Gasteiger partial charge on any atom is -0.450 e. The molecule has 0 radical (unpaired) electrons. The van der Waals surface area contributed by atoms with Gasteiger partial charge in [0.1, 0.15) is 5.78 Å². The van der Waals surface area contributed by atoms with E-state index in [4.69, 9.17) is 10.5 Å². The molecule has 0 heterocycles. The van der Waals surface area contributed by atoms with Gasteiger partial charge in [0.25, 0.3) is 0 Å². The molecule has 0 aromatic heterocycles. The molecule has 0 saturated heterocycles. The average molecular weight is 244 g/mol. The molecule has 17 heavy (non-hydrogen) atoms. The number of ketones is 1. The second-order valence-corrected chi connectivity index (χ2v) is 4.34. The summed E-state index contributed by atoms with van der Waals surface area (Å²) >= 11 is 0. The molecule has 0 aliphatic carbocycles. The van der Waals surface area contributed by atoms with E-state index >= 15 is 0 Å². The van der Waals surface area contributed by atoms with Crippen LogP contribution in [0.15, 0.2) is 0 Å². The zero-order valence-corrected chi connectivity index (χ0v) is 10.8. The lowest BCUT2D eigenvalue weighted by Gasteiger charge is -2.07. The van der Waals surface area contributed by atoms with Crippen LogP contribution in [0.3, 0.4) is 0 Å². The van der Waals surface area contributed by atoms with E-state index in [2.05, 4.69) is 5.32 Å². The minimum atomic E-state index is -0.408. The van der Waals surface area contributed by atoms with Crippen molar-refractivity contribution < 1.29 is 14.3 Å². The number of alkyl carbamates (subject to hydrolysis) is 1. The minimum absolute atomic E-state index is 0.116. The highest BCUT2D eigenvalue weighted by atomic mass is 16.5. The van der Waals surface area contributed by atoms with Gasteiger partial charge in [0.05, 0.1) is 6.61 Å². The van der Waals surface area contributed by atoms with E-state index in [0.29, 0.717) is 26.0 Å². The topological polar surface area (TPSA) is 81.4 Å². The molecule has 1 amide bonds. The van der Waals surface area contributed by atoms with Crippen LogP contribution in [0.5, 0.6) is 0 Å². The van der Waals surface area contributed by atoms with E-state index in [1.807, 2.05) is 6.92 Å². The molecule has 100 valence electrons. The van der Waals surface area contributed by atoms with E-state index in [-0.39, 0.29) is 11.8 Å². The zero-order valence-electron chi connectivity index (χ0n) is 10.8. The Morgan fingerprint density at radius 2 is 2.00 bits per heavy atom. The van der Waals surface area contributed by atoms with Gasteiger partial charge in [-0.3, -0.25) is 0 Å². The molecule has 0 aliphatic heterocycles. The molecule has 3 N–H and O–H groups in total. The van der Waals surface area contributed by atoms with Crippen LogP contribution in [0, 0.1) is 0 Å². The van der Waals surface area contributed by atoms with Gasteiger partial charge >= 0.3 is 6.09 Å². The standard InChI is InChI=1S/C12H24N2O3/c1-10(13)6-3-4-8-14-12(16)17-9-5-7-11(2)15/h10H,3-9,13H2,1-2H3,(H,14,16)/t10-/m1/s1. The molecule has 0 fully saturated rings. The number of hydrogen-bond donors (Lipinski definition) is 2. The Bertz CT molecular complexity index is 230. The summed E-state index contributed by atoms with van der Waals surface area (Å²) < 4.78 is 4.89. The van der Waals surface area contributed by atoms with Gasteiger partial charge in [-0.15, -0.1) is 0 Å². The molecule has 5 nitrogen and oxygen atoms in total. The van der Waals surface area contributed by atoms with E-state index in [0.717, 1.165) is 19.3 Å². The fourth-order valence-corrected chi connectivity index (χ4v) is 1.32. The summed E-state index contributed by atoms with van der Waals surface area (Å²) in [6.45, 7) is 4.40. The maximum atomic E-state index is 11.1. The monoisotopic (exact) mass is 244 g/mol. The summed E-state index contributed by atoms with van der Waals surface area (Å²) in [5.41, 5.74) is 5.60. The summed E-state index contributed by atoms with van der Waals surface area (Å²) in [4.78, 5) is 21.8. The molecule has 0 spiro atoms. The van der Waals surface area contributed by atoms with E-state index < -0.39 is 6.09 Å². The van der Waals surface area contributed by atoms with Crippen LogP contribution < -0.4 is 11.1 Å². The zero-order chi connectivity index (χ0) is 13.1. The Kier molecular flexibility index (Phi) is 9.43. The van der Waals surface area contributed by atoms with E-state index in [9.17, 15) is 9.59 Å². The predicted octanol–water partition coefficient (Wildman–Crippen LogP) is 1.60. The molecule has 0 rings (SSSR count). The van der Waals surface area contributed by atoms with Gasteiger partial charge in [0.2, 0.25) is 0 Å². The summed E-state index contributed by atoms with van der Waals surface area (Å²) in [5, 5.41) is 2.66. The molecule has 5 heteroatoms. The van der Waals surface area contributed by atoms with Gasteiger partial charge in [-0.05, 0) is 33.1 Å². The number of carbonyl (C=O) groups is 2. The smallest absolute Gasteiger partial charge is 0.407 e. The Morgan fingerprint density at radius 3 is 2.59 bits per heavy atom. The van der Waals surface area contributed by atoms with Gasteiger partial charge in [0, 0.05) is 19.0 Å². The summed E-state index contributed by atoms with van der Waals surface area (Å²) in [6, 6.07) is 0.216. The second kappa shape index (κ2) is 10.1. The molecule has 1 atom stereocenters. The third-order valence-corrected chi connectivity index (χ3v) is 2.26. The first-order chi connectivity index (χ1) is 8.02. The second-order valence-electron chi connectivity index (χ2n) is 4.34. The van der Waals surface area contributed by atoms with Crippen LogP contribution in [0.2, 0.25) is 0 Å². The average Bonchev–Trinajstić information content (AvgIpc) is 2.23. The maximum absolute atomic E-state index is 11.1. The van der Waals surface area contributed by atoms with Gasteiger partial charge < -0.3 is 20.6 Å². The van der Waals surface area contributed by atoms with Gasteiger partial charge in [0.15, 0.2) is 0 Å². The Balaban J connectivity index is 3.26. The predicted molar refractivity (Wildman–Crippen MR) is 66.8 cm³/mol. The normalized spacial score (nSPS) is 11.9. The molecular weight excluding hydrogens is 220 g/mol. The highest BCUT2D eigenvalue weighted by molar-refractivity contribution is 5.75. The van der Waals surface area contributed by atoms with Crippen molar-refractivity contribution in [2.75, 3.05) is 13.2 Å². The van der Waals surface area contributed by atoms with Crippen molar-refractivity contribution in [2.24, 2.45) is 5.73 Å². The van der Waals surface area contributed by atoms with Gasteiger partial charge in [-0.25, -0.2) is 4.79 Å². The number of nitrogens with two attached hydrogens (primary N) is 1. The van der Waals surface area contributed by atoms with Gasteiger partial charge in [-0.2, -0.15) is 0 Å². The van der Waals surface area contributed by atoms with Crippen LogP contribution in [-0.4, -0.2) is 31.1 Å². The summed E-state index contributed by atoms with van der Waals surface area (Å²) in [5.74, 6) is 0.116. The Morgan fingerprint density at radius 1 is 1.29 bits per heavy atom. The molecular formula is C12H24N2O3. The van der Waals surface area contributed by atoms with E-state index in [1.165, 1.54) is 6.92 Å². The summed E-state index contributed by atoms with van der Waals surface area (Å²) in [7, 11) is 0. The van der Waals surface area contributed by atoms with Gasteiger partial charge in [-0.1, -0.05) is 6.42 Å². The van der Waals surface area contributed by atoms with Crippen molar-refractivity contribution in [3.05, 3.63) is 0 Å². The first-order valence-electron chi connectivity index (χ1n) is 6.18. The quantitative estimate of drug-likeness (QED) is 0.604. The Hall–Kier alpha value is -1.10. The maximum Gasteiger partial charge on any atom is 0.407 e. The molecule has 0 unspecified atom stereocenters. The largest absolute Gasteiger partial charge is 0.450 e. The van der Waals surface area contributed by atoms with Crippen molar-refractivity contribution in [3.8, 4) is 0 Å². The van der Waals surface area contributed by atoms with Crippen molar-refractivity contribution in [2.45, 2.75) is 52.0 Å². The molecule has 0 bridgehead atoms. The Labute approximate surface area is 103 Å². The van der Waals surface area contributed by atoms with Crippen LogP contribution in [0.4, 0.5) is 4.79 Å². The number of hydrogen-bond acceptors (Lipinski definition) is 4. The van der Waals surface area contributed by atoms with Crippen molar-refractivity contribution >= 4 is 11.9 Å². The molecule has 0 aliphatic rings. The number of amides is 1. The number of nitrogens with one attached hydrogen (secondary N) is 1. The fraction of sp³-hybridized carbons (Fsp3) is 0.833. The molecule has 0 aromatic carbocycles. The first kappa shape index (κ1) is 15.9.